The number of hydrogen-bond donors (Lipinski definition) is 2. The van der Waals surface area contributed by atoms with E-state index in [9.17, 15) is 14.4 Å². The second kappa shape index (κ2) is 7.81. The monoisotopic (exact) mass is 404 g/mol. The van der Waals surface area contributed by atoms with Crippen molar-refractivity contribution >= 4 is 69.2 Å². The van der Waals surface area contributed by atoms with Crippen LogP contribution in [0.15, 0.2) is 46.7 Å². The molecule has 0 saturated carbocycles. The minimum atomic E-state index is -1.15. The van der Waals surface area contributed by atoms with E-state index in [2.05, 4.69) is 5.32 Å². The zero-order valence-electron chi connectivity index (χ0n) is 13.2. The lowest BCUT2D eigenvalue weighted by atomic mass is 10.2. The van der Waals surface area contributed by atoms with Crippen molar-refractivity contribution in [1.29, 1.82) is 0 Å². The molecule has 1 aliphatic rings. The molecule has 1 aromatic heterocycles. The second-order valence-corrected chi connectivity index (χ2v) is 7.84. The number of nitrogens with zero attached hydrogens (tertiary/aromatic N) is 1. The van der Waals surface area contributed by atoms with Gasteiger partial charge in [0.2, 0.25) is 5.91 Å². The van der Waals surface area contributed by atoms with E-state index in [0.29, 0.717) is 9.23 Å². The number of nitrogens with one attached hydrogen (secondary N) is 1. The third-order valence-electron chi connectivity index (χ3n) is 3.42. The van der Waals surface area contributed by atoms with Gasteiger partial charge in [-0.15, -0.1) is 11.3 Å². The summed E-state index contributed by atoms with van der Waals surface area (Å²) in [6.07, 6.45) is 1.74. The normalized spacial score (nSPS) is 15.5. The molecule has 26 heavy (non-hydrogen) atoms. The molecule has 2 N–H and O–H groups in total. The number of carbonyl (C=O) groups is 3. The maximum absolute atomic E-state index is 12.5. The van der Waals surface area contributed by atoms with Crippen LogP contribution in [-0.4, -0.2) is 38.7 Å². The molecule has 1 aliphatic heterocycles. The van der Waals surface area contributed by atoms with Gasteiger partial charge >= 0.3 is 5.97 Å². The van der Waals surface area contributed by atoms with Crippen molar-refractivity contribution in [3.63, 3.8) is 0 Å². The van der Waals surface area contributed by atoms with Gasteiger partial charge in [0.05, 0.1) is 16.2 Å². The van der Waals surface area contributed by atoms with E-state index in [1.165, 1.54) is 28.4 Å². The summed E-state index contributed by atoms with van der Waals surface area (Å²) in [4.78, 5) is 38.5. The molecule has 1 saturated heterocycles. The third kappa shape index (κ3) is 4.01. The molecule has 6 nitrogen and oxygen atoms in total. The number of thiophene rings is 1. The highest BCUT2D eigenvalue weighted by atomic mass is 32.2. The smallest absolute Gasteiger partial charge is 0.337 e. The summed E-state index contributed by atoms with van der Waals surface area (Å²) in [5.41, 5.74) is 0.147. The van der Waals surface area contributed by atoms with Crippen LogP contribution in [-0.2, 0) is 9.59 Å². The molecule has 132 valence electrons. The third-order valence-corrected chi connectivity index (χ3v) is 5.62. The van der Waals surface area contributed by atoms with Gasteiger partial charge in [-0.3, -0.25) is 14.5 Å². The first kappa shape index (κ1) is 18.3. The average Bonchev–Trinajstić information content (AvgIpc) is 3.19. The molecule has 0 atom stereocenters. The number of carboxylic acid groups (broad SMARTS) is 1. The predicted molar refractivity (Wildman–Crippen MR) is 106 cm³/mol. The predicted octanol–water partition coefficient (Wildman–Crippen LogP) is 3.29. The molecule has 0 unspecified atom stereocenters. The summed E-state index contributed by atoms with van der Waals surface area (Å²) in [6.45, 7) is -0.277. The summed E-state index contributed by atoms with van der Waals surface area (Å²) >= 11 is 7.83. The van der Waals surface area contributed by atoms with Crippen molar-refractivity contribution in [2.45, 2.75) is 0 Å². The van der Waals surface area contributed by atoms with Gasteiger partial charge in [0.1, 0.15) is 10.9 Å². The lowest BCUT2D eigenvalue weighted by molar-refractivity contribution is -0.126. The van der Waals surface area contributed by atoms with Crippen LogP contribution in [0.25, 0.3) is 6.08 Å². The number of amides is 2. The van der Waals surface area contributed by atoms with Gasteiger partial charge < -0.3 is 10.4 Å². The Balaban J connectivity index is 1.71. The van der Waals surface area contributed by atoms with Crippen LogP contribution in [0.4, 0.5) is 5.69 Å². The van der Waals surface area contributed by atoms with Gasteiger partial charge in [0, 0.05) is 4.88 Å². The van der Waals surface area contributed by atoms with E-state index < -0.39 is 11.9 Å². The van der Waals surface area contributed by atoms with Crippen molar-refractivity contribution in [1.82, 2.24) is 4.90 Å². The zero-order valence-corrected chi connectivity index (χ0v) is 15.6. The quantitative estimate of drug-likeness (QED) is 0.587. The number of para-hydroxylation sites is 1. The SMILES string of the molecule is O=C(CN1C(=O)/C(=C\c2cccs2)SC1=S)Nc1ccccc1C(=O)O. The summed E-state index contributed by atoms with van der Waals surface area (Å²) in [7, 11) is 0. The lowest BCUT2D eigenvalue weighted by Crippen LogP contribution is -2.36. The maximum atomic E-state index is 12.5. The molecule has 0 aliphatic carbocycles. The van der Waals surface area contributed by atoms with Gasteiger partial charge in [-0.1, -0.05) is 42.2 Å². The topological polar surface area (TPSA) is 86.7 Å². The van der Waals surface area contributed by atoms with Crippen LogP contribution in [0.5, 0.6) is 0 Å². The molecular formula is C17H12N2O4S3. The number of carbonyl (C=O) groups excluding carboxylic acids is 2. The Kier molecular flexibility index (Phi) is 5.50. The largest absolute Gasteiger partial charge is 0.478 e. The average molecular weight is 404 g/mol. The summed E-state index contributed by atoms with van der Waals surface area (Å²) in [5, 5.41) is 13.6. The van der Waals surface area contributed by atoms with Crippen LogP contribution >= 0.6 is 35.3 Å². The Hall–Kier alpha value is -2.49. The van der Waals surface area contributed by atoms with Crippen LogP contribution < -0.4 is 5.32 Å². The van der Waals surface area contributed by atoms with E-state index in [0.717, 1.165) is 16.6 Å². The molecular weight excluding hydrogens is 392 g/mol. The van der Waals surface area contributed by atoms with Crippen LogP contribution in [0.2, 0.25) is 0 Å². The molecule has 1 aromatic carbocycles. The molecule has 0 radical (unpaired) electrons. The maximum Gasteiger partial charge on any atom is 0.337 e. The van der Waals surface area contributed by atoms with Gasteiger partial charge in [0.15, 0.2) is 0 Å². The number of thiocarbonyl (C=S) groups is 1. The summed E-state index contributed by atoms with van der Waals surface area (Å²) in [5.74, 6) is -2.01. The minimum absolute atomic E-state index is 0.0242. The van der Waals surface area contributed by atoms with Crippen molar-refractivity contribution < 1.29 is 19.5 Å². The summed E-state index contributed by atoms with van der Waals surface area (Å²) in [6, 6.07) is 9.82. The zero-order chi connectivity index (χ0) is 18.7. The molecule has 3 rings (SSSR count). The Bertz CT molecular complexity index is 922. The molecule has 2 aromatic rings. The molecule has 1 fully saturated rings. The molecule has 9 heteroatoms. The fraction of sp³-hybridized carbons (Fsp3) is 0.0588. The molecule has 2 heterocycles. The first-order valence-corrected chi connectivity index (χ1v) is 9.47. The second-order valence-electron chi connectivity index (χ2n) is 5.18. The van der Waals surface area contributed by atoms with E-state index in [4.69, 9.17) is 17.3 Å². The molecule has 2 amide bonds. The van der Waals surface area contributed by atoms with Crippen LogP contribution in [0.3, 0.4) is 0 Å². The Morgan fingerprint density at radius 2 is 2.00 bits per heavy atom. The Morgan fingerprint density at radius 3 is 2.69 bits per heavy atom. The van der Waals surface area contributed by atoms with E-state index in [-0.39, 0.29) is 23.7 Å². The van der Waals surface area contributed by atoms with Gasteiger partial charge in [-0.25, -0.2) is 4.79 Å². The Labute approximate surface area is 162 Å². The first-order chi connectivity index (χ1) is 12.5. The van der Waals surface area contributed by atoms with Crippen LogP contribution in [0, 0.1) is 0 Å². The highest BCUT2D eigenvalue weighted by Gasteiger charge is 2.33. The fourth-order valence-corrected chi connectivity index (χ4v) is 4.23. The van der Waals surface area contributed by atoms with Gasteiger partial charge in [-0.05, 0) is 29.7 Å². The minimum Gasteiger partial charge on any atom is -0.478 e. The summed E-state index contributed by atoms with van der Waals surface area (Å²) < 4.78 is 0.291. The van der Waals surface area contributed by atoms with Crippen LogP contribution in [0.1, 0.15) is 15.2 Å². The number of aromatic carboxylic acids is 1. The Morgan fingerprint density at radius 1 is 1.23 bits per heavy atom. The number of anilines is 1. The van der Waals surface area contributed by atoms with Gasteiger partial charge in [0.25, 0.3) is 5.91 Å². The first-order valence-electron chi connectivity index (χ1n) is 7.37. The van der Waals surface area contributed by atoms with Crippen molar-refractivity contribution in [3.8, 4) is 0 Å². The molecule has 0 spiro atoms. The standard InChI is InChI=1S/C17H12N2O4S3/c20-14(18-12-6-2-1-5-11(12)16(22)23)9-19-15(21)13(26-17(19)24)8-10-4-3-7-25-10/h1-8H,9H2,(H,18,20)(H,22,23)/b13-8+. The number of rotatable bonds is 5. The van der Waals surface area contributed by atoms with E-state index in [1.807, 2.05) is 17.5 Å². The van der Waals surface area contributed by atoms with Gasteiger partial charge in [-0.2, -0.15) is 0 Å². The lowest BCUT2D eigenvalue weighted by Gasteiger charge is -2.15. The number of thioether (sulfide) groups is 1. The van der Waals surface area contributed by atoms with E-state index in [1.54, 1.807) is 18.2 Å². The van der Waals surface area contributed by atoms with Crippen molar-refractivity contribution in [2.75, 3.05) is 11.9 Å². The number of carboxylic acids is 1. The number of hydrogen-bond acceptors (Lipinski definition) is 6. The van der Waals surface area contributed by atoms with E-state index >= 15 is 0 Å². The molecule has 0 bridgehead atoms. The highest BCUT2D eigenvalue weighted by molar-refractivity contribution is 8.26. The number of benzene rings is 1. The van der Waals surface area contributed by atoms with Crippen molar-refractivity contribution in [2.24, 2.45) is 0 Å². The van der Waals surface area contributed by atoms with Crippen molar-refractivity contribution in [3.05, 3.63) is 57.1 Å². The highest BCUT2D eigenvalue weighted by Crippen LogP contribution is 2.33. The fourth-order valence-electron chi connectivity index (χ4n) is 2.25.